The molecule has 0 aromatic carbocycles. The van der Waals surface area contributed by atoms with Crippen molar-refractivity contribution in [1.29, 1.82) is 0 Å². The third kappa shape index (κ3) is 7.00. The molecule has 0 heterocycles. The summed E-state index contributed by atoms with van der Waals surface area (Å²) in [5.41, 5.74) is 0. The van der Waals surface area contributed by atoms with E-state index < -0.39 is 5.97 Å². The van der Waals surface area contributed by atoms with E-state index in [1.807, 2.05) is 0 Å². The Morgan fingerprint density at radius 2 is 1.50 bits per heavy atom. The summed E-state index contributed by atoms with van der Waals surface area (Å²) in [4.78, 5) is 13.3. The molecule has 0 aromatic rings. The molecule has 0 bridgehead atoms. The molecule has 0 radical (unpaired) electrons. The van der Waals surface area contributed by atoms with Gasteiger partial charge in [0.1, 0.15) is 0 Å². The maximum atomic E-state index is 11.0. The zero-order valence-corrected chi connectivity index (χ0v) is 12.9. The van der Waals surface area contributed by atoms with E-state index in [1.54, 1.807) is 6.92 Å². The van der Waals surface area contributed by atoms with Gasteiger partial charge in [0.2, 0.25) is 0 Å². The predicted octanol–water partition coefficient (Wildman–Crippen LogP) is 3.49. The first kappa shape index (κ1) is 17.4. The van der Waals surface area contributed by atoms with E-state index in [0.717, 1.165) is 19.4 Å². The van der Waals surface area contributed by atoms with Crippen LogP contribution in [0.15, 0.2) is 0 Å². The van der Waals surface area contributed by atoms with Crippen molar-refractivity contribution in [2.75, 3.05) is 13.1 Å². The third-order valence-electron chi connectivity index (χ3n) is 3.34. The highest BCUT2D eigenvalue weighted by Crippen LogP contribution is 2.20. The summed E-state index contributed by atoms with van der Waals surface area (Å²) in [6, 6.07) is 0.511. The number of carboxylic acid groups (broad SMARTS) is 1. The van der Waals surface area contributed by atoms with E-state index in [9.17, 15) is 4.79 Å². The van der Waals surface area contributed by atoms with E-state index >= 15 is 0 Å². The van der Waals surface area contributed by atoms with Crippen LogP contribution in [0.3, 0.4) is 0 Å². The molecule has 1 atom stereocenters. The van der Waals surface area contributed by atoms with Gasteiger partial charge in [-0.3, -0.25) is 9.69 Å². The summed E-state index contributed by atoms with van der Waals surface area (Å²) in [6.07, 6.45) is 2.30. The Morgan fingerprint density at radius 1 is 1.06 bits per heavy atom. The summed E-state index contributed by atoms with van der Waals surface area (Å²) in [5.74, 6) is 0.332. The number of nitrogens with zero attached hydrogens (tertiary/aromatic N) is 1. The smallest absolute Gasteiger partial charge is 0.307 e. The van der Waals surface area contributed by atoms with Crippen molar-refractivity contribution in [3.63, 3.8) is 0 Å². The Bertz CT molecular complexity index is 229. The predicted molar refractivity (Wildman–Crippen MR) is 76.7 cm³/mol. The number of hydrogen-bond donors (Lipinski definition) is 1. The molecule has 0 saturated carbocycles. The van der Waals surface area contributed by atoms with Gasteiger partial charge in [-0.1, -0.05) is 41.5 Å². The molecule has 1 N–H and O–H groups in total. The van der Waals surface area contributed by atoms with Crippen LogP contribution in [0.4, 0.5) is 0 Å². The zero-order chi connectivity index (χ0) is 14.3. The number of carbonyl (C=O) groups is 1. The van der Waals surface area contributed by atoms with Gasteiger partial charge in [-0.15, -0.1) is 0 Å². The fraction of sp³-hybridized carbons (Fsp3) is 0.933. The molecule has 0 aliphatic rings. The molecule has 0 rings (SSSR count). The second-order valence-corrected chi connectivity index (χ2v) is 6.24. The monoisotopic (exact) mass is 257 g/mol. The molecule has 3 nitrogen and oxygen atoms in total. The van der Waals surface area contributed by atoms with Gasteiger partial charge in [0.25, 0.3) is 0 Å². The molecule has 0 amide bonds. The summed E-state index contributed by atoms with van der Waals surface area (Å²) in [6.45, 7) is 14.5. The van der Waals surface area contributed by atoms with Crippen LogP contribution in [0.25, 0.3) is 0 Å². The van der Waals surface area contributed by atoms with E-state index in [-0.39, 0.29) is 5.92 Å². The van der Waals surface area contributed by atoms with Gasteiger partial charge >= 0.3 is 5.97 Å². The molecular weight excluding hydrogens is 226 g/mol. The number of carboxylic acids is 1. The van der Waals surface area contributed by atoms with E-state index in [2.05, 4.69) is 39.5 Å². The summed E-state index contributed by atoms with van der Waals surface area (Å²) in [5, 5.41) is 9.05. The van der Waals surface area contributed by atoms with Crippen molar-refractivity contribution in [3.05, 3.63) is 0 Å². The minimum atomic E-state index is -0.693. The SMILES string of the molecule is CCN(CC(C)C(=O)O)C(CC(C)C)CC(C)C. The molecule has 0 fully saturated rings. The second kappa shape index (κ2) is 8.52. The molecule has 1 unspecified atom stereocenters. The molecule has 18 heavy (non-hydrogen) atoms. The Kier molecular flexibility index (Phi) is 8.25. The first-order valence-electron chi connectivity index (χ1n) is 7.24. The molecule has 3 heteroatoms. The Hall–Kier alpha value is -0.570. The van der Waals surface area contributed by atoms with Crippen molar-refractivity contribution in [1.82, 2.24) is 4.90 Å². The number of aliphatic carboxylic acids is 1. The van der Waals surface area contributed by atoms with E-state index in [4.69, 9.17) is 5.11 Å². The average molecular weight is 257 g/mol. The van der Waals surface area contributed by atoms with Gasteiger partial charge < -0.3 is 5.11 Å². The Balaban J connectivity index is 4.63. The standard InChI is InChI=1S/C15H31NO2/c1-7-16(10-13(6)15(17)18)14(8-11(2)3)9-12(4)5/h11-14H,7-10H2,1-6H3,(H,17,18). The van der Waals surface area contributed by atoms with Crippen molar-refractivity contribution in [2.24, 2.45) is 17.8 Å². The van der Waals surface area contributed by atoms with Crippen LogP contribution in [-0.4, -0.2) is 35.1 Å². The van der Waals surface area contributed by atoms with Gasteiger partial charge in [-0.25, -0.2) is 0 Å². The second-order valence-electron chi connectivity index (χ2n) is 6.24. The first-order valence-corrected chi connectivity index (χ1v) is 7.24. The molecule has 0 aliphatic heterocycles. The van der Waals surface area contributed by atoms with Crippen LogP contribution in [0.1, 0.15) is 54.4 Å². The molecule has 108 valence electrons. The lowest BCUT2D eigenvalue weighted by atomic mass is 9.93. The van der Waals surface area contributed by atoms with Gasteiger partial charge in [0.15, 0.2) is 0 Å². The minimum absolute atomic E-state index is 0.285. The topological polar surface area (TPSA) is 40.5 Å². The van der Waals surface area contributed by atoms with Crippen molar-refractivity contribution >= 4 is 5.97 Å². The van der Waals surface area contributed by atoms with Crippen LogP contribution in [0.5, 0.6) is 0 Å². The van der Waals surface area contributed by atoms with Crippen LogP contribution in [0.2, 0.25) is 0 Å². The molecule has 0 saturated heterocycles. The van der Waals surface area contributed by atoms with Crippen LogP contribution >= 0.6 is 0 Å². The molecular formula is C15H31NO2. The zero-order valence-electron chi connectivity index (χ0n) is 12.9. The Morgan fingerprint density at radius 3 is 1.78 bits per heavy atom. The molecule has 0 aromatic heterocycles. The maximum Gasteiger partial charge on any atom is 0.307 e. The van der Waals surface area contributed by atoms with Crippen LogP contribution in [0, 0.1) is 17.8 Å². The lowest BCUT2D eigenvalue weighted by Gasteiger charge is -2.34. The van der Waals surface area contributed by atoms with Crippen molar-refractivity contribution < 1.29 is 9.90 Å². The highest BCUT2D eigenvalue weighted by Gasteiger charge is 2.23. The lowest BCUT2D eigenvalue weighted by Crippen LogP contribution is -2.41. The fourth-order valence-corrected chi connectivity index (χ4v) is 2.45. The van der Waals surface area contributed by atoms with Crippen LogP contribution < -0.4 is 0 Å². The molecule has 0 aliphatic carbocycles. The minimum Gasteiger partial charge on any atom is -0.481 e. The van der Waals surface area contributed by atoms with Gasteiger partial charge in [0.05, 0.1) is 5.92 Å². The average Bonchev–Trinajstić information content (AvgIpc) is 2.22. The third-order valence-corrected chi connectivity index (χ3v) is 3.34. The lowest BCUT2D eigenvalue weighted by molar-refractivity contribution is -0.142. The highest BCUT2D eigenvalue weighted by molar-refractivity contribution is 5.69. The number of hydrogen-bond acceptors (Lipinski definition) is 2. The quantitative estimate of drug-likeness (QED) is 0.687. The number of rotatable bonds is 9. The fourth-order valence-electron chi connectivity index (χ4n) is 2.45. The van der Waals surface area contributed by atoms with Crippen molar-refractivity contribution in [3.8, 4) is 0 Å². The largest absolute Gasteiger partial charge is 0.481 e. The highest BCUT2D eigenvalue weighted by atomic mass is 16.4. The maximum absolute atomic E-state index is 11.0. The van der Waals surface area contributed by atoms with Crippen molar-refractivity contribution in [2.45, 2.75) is 60.4 Å². The van der Waals surface area contributed by atoms with E-state index in [0.29, 0.717) is 24.4 Å². The summed E-state index contributed by atoms with van der Waals surface area (Å²) < 4.78 is 0. The molecule has 0 spiro atoms. The first-order chi connectivity index (χ1) is 8.27. The van der Waals surface area contributed by atoms with Crippen LogP contribution in [-0.2, 0) is 4.79 Å². The summed E-state index contributed by atoms with van der Waals surface area (Å²) >= 11 is 0. The summed E-state index contributed by atoms with van der Waals surface area (Å²) in [7, 11) is 0. The Labute approximate surface area is 113 Å². The van der Waals surface area contributed by atoms with Gasteiger partial charge in [-0.05, 0) is 31.2 Å². The van der Waals surface area contributed by atoms with Gasteiger partial charge in [-0.2, -0.15) is 0 Å². The normalized spacial score (nSPS) is 13.9. The van der Waals surface area contributed by atoms with Gasteiger partial charge in [0, 0.05) is 12.6 Å². The van der Waals surface area contributed by atoms with E-state index in [1.165, 1.54) is 0 Å².